The van der Waals surface area contributed by atoms with Crippen molar-refractivity contribution in [1.29, 1.82) is 0 Å². The highest BCUT2D eigenvalue weighted by atomic mass is 15.3. The summed E-state index contributed by atoms with van der Waals surface area (Å²) < 4.78 is 1.97. The zero-order chi connectivity index (χ0) is 13.2. The normalized spacial score (nSPS) is 18.9. The van der Waals surface area contributed by atoms with Gasteiger partial charge in [0.25, 0.3) is 0 Å². The summed E-state index contributed by atoms with van der Waals surface area (Å²) in [5, 5.41) is 7.68. The Balaban J connectivity index is 2.02. The van der Waals surface area contributed by atoms with Gasteiger partial charge in [-0.1, -0.05) is 0 Å². The van der Waals surface area contributed by atoms with E-state index in [0.29, 0.717) is 5.92 Å². The van der Waals surface area contributed by atoms with Gasteiger partial charge in [0.2, 0.25) is 0 Å². The molecule has 2 aromatic rings. The van der Waals surface area contributed by atoms with Crippen LogP contribution in [0.25, 0.3) is 11.4 Å². The number of rotatable bonds is 3. The van der Waals surface area contributed by atoms with Crippen molar-refractivity contribution in [2.75, 3.05) is 13.1 Å². The Hall–Kier alpha value is -1.75. The Morgan fingerprint density at radius 3 is 3.05 bits per heavy atom. The smallest absolute Gasteiger partial charge is 0.133 e. The van der Waals surface area contributed by atoms with Crippen LogP contribution in [-0.4, -0.2) is 32.8 Å². The van der Waals surface area contributed by atoms with E-state index >= 15 is 0 Å². The van der Waals surface area contributed by atoms with Crippen molar-refractivity contribution in [3.8, 4) is 11.4 Å². The Morgan fingerprint density at radius 2 is 2.32 bits per heavy atom. The molecule has 5 nitrogen and oxygen atoms in total. The molecule has 1 fully saturated rings. The van der Waals surface area contributed by atoms with Gasteiger partial charge in [-0.2, -0.15) is 5.10 Å². The summed E-state index contributed by atoms with van der Waals surface area (Å²) in [7, 11) is 0. The first-order chi connectivity index (χ1) is 9.28. The zero-order valence-electron chi connectivity index (χ0n) is 11.4. The molecule has 0 aromatic carbocycles. The second-order valence-corrected chi connectivity index (χ2v) is 4.97. The molecule has 1 aliphatic rings. The van der Waals surface area contributed by atoms with Crippen molar-refractivity contribution in [3.63, 3.8) is 0 Å². The van der Waals surface area contributed by atoms with Gasteiger partial charge in [-0.25, -0.2) is 9.97 Å². The topological polar surface area (TPSA) is 55.6 Å². The standard InChI is InChI=1S/C14H19N5/c1-3-19-13(5-7-16-19)12-8-10(2)17-14(18-12)11-4-6-15-9-11/h5,7-8,11,15H,3-4,6,9H2,1-2H3/t11-/m1/s1. The van der Waals surface area contributed by atoms with Crippen LogP contribution in [0, 0.1) is 6.92 Å². The minimum atomic E-state index is 0.441. The number of aromatic nitrogens is 4. The summed E-state index contributed by atoms with van der Waals surface area (Å²) >= 11 is 0. The summed E-state index contributed by atoms with van der Waals surface area (Å²) in [6.45, 7) is 7.02. The molecule has 1 saturated heterocycles. The molecule has 0 spiro atoms. The van der Waals surface area contributed by atoms with E-state index in [1.807, 2.05) is 29.9 Å². The van der Waals surface area contributed by atoms with Crippen LogP contribution >= 0.6 is 0 Å². The molecule has 0 bridgehead atoms. The second-order valence-electron chi connectivity index (χ2n) is 4.97. The first-order valence-electron chi connectivity index (χ1n) is 6.86. The highest BCUT2D eigenvalue weighted by Gasteiger charge is 2.20. The molecule has 0 amide bonds. The SMILES string of the molecule is CCn1nccc1-c1cc(C)nc([C@@H]2CCNC2)n1. The Kier molecular flexibility index (Phi) is 3.29. The summed E-state index contributed by atoms with van der Waals surface area (Å²) in [4.78, 5) is 9.36. The van der Waals surface area contributed by atoms with Crippen LogP contribution in [0.1, 0.15) is 30.8 Å². The van der Waals surface area contributed by atoms with Gasteiger partial charge in [0.15, 0.2) is 0 Å². The fraction of sp³-hybridized carbons (Fsp3) is 0.500. The number of hydrogen-bond donors (Lipinski definition) is 1. The van der Waals surface area contributed by atoms with Crippen LogP contribution in [0.4, 0.5) is 0 Å². The number of nitrogens with zero attached hydrogens (tertiary/aromatic N) is 4. The van der Waals surface area contributed by atoms with Gasteiger partial charge in [-0.05, 0) is 38.9 Å². The molecule has 2 aromatic heterocycles. The summed E-state index contributed by atoms with van der Waals surface area (Å²) in [6, 6.07) is 4.05. The molecule has 1 atom stereocenters. The lowest BCUT2D eigenvalue weighted by Crippen LogP contribution is -2.11. The molecule has 3 heterocycles. The molecule has 0 saturated carbocycles. The average Bonchev–Trinajstić information content (AvgIpc) is 3.09. The minimum absolute atomic E-state index is 0.441. The largest absolute Gasteiger partial charge is 0.316 e. The van der Waals surface area contributed by atoms with E-state index < -0.39 is 0 Å². The fourth-order valence-corrected chi connectivity index (χ4v) is 2.58. The van der Waals surface area contributed by atoms with Crippen LogP contribution in [0.2, 0.25) is 0 Å². The minimum Gasteiger partial charge on any atom is -0.316 e. The van der Waals surface area contributed by atoms with Gasteiger partial charge in [0.05, 0.1) is 11.4 Å². The lowest BCUT2D eigenvalue weighted by molar-refractivity contribution is 0.661. The molecule has 1 N–H and O–H groups in total. The van der Waals surface area contributed by atoms with Gasteiger partial charge in [-0.3, -0.25) is 4.68 Å². The van der Waals surface area contributed by atoms with Crippen molar-refractivity contribution in [1.82, 2.24) is 25.1 Å². The van der Waals surface area contributed by atoms with Crippen molar-refractivity contribution in [3.05, 3.63) is 29.8 Å². The van der Waals surface area contributed by atoms with Gasteiger partial charge >= 0.3 is 0 Å². The predicted molar refractivity (Wildman–Crippen MR) is 73.9 cm³/mol. The van der Waals surface area contributed by atoms with Crippen molar-refractivity contribution in [2.24, 2.45) is 0 Å². The lowest BCUT2D eigenvalue weighted by Gasteiger charge is -2.11. The number of hydrogen-bond acceptors (Lipinski definition) is 4. The van der Waals surface area contributed by atoms with Gasteiger partial charge in [0.1, 0.15) is 5.82 Å². The van der Waals surface area contributed by atoms with Crippen LogP contribution in [0.5, 0.6) is 0 Å². The fourth-order valence-electron chi connectivity index (χ4n) is 2.58. The Bertz CT molecular complexity index is 569. The average molecular weight is 257 g/mol. The maximum atomic E-state index is 4.75. The van der Waals surface area contributed by atoms with E-state index in [0.717, 1.165) is 49.0 Å². The summed E-state index contributed by atoms with van der Waals surface area (Å²) in [5.41, 5.74) is 3.07. The Morgan fingerprint density at radius 1 is 1.42 bits per heavy atom. The number of aryl methyl sites for hydroxylation is 2. The van der Waals surface area contributed by atoms with Crippen molar-refractivity contribution >= 4 is 0 Å². The highest BCUT2D eigenvalue weighted by Crippen LogP contribution is 2.23. The zero-order valence-corrected chi connectivity index (χ0v) is 11.4. The predicted octanol–water partition coefficient (Wildman–Crippen LogP) is 1.75. The maximum Gasteiger partial charge on any atom is 0.133 e. The molecule has 19 heavy (non-hydrogen) atoms. The molecule has 3 rings (SSSR count). The van der Waals surface area contributed by atoms with E-state index in [4.69, 9.17) is 4.98 Å². The van der Waals surface area contributed by atoms with Crippen LogP contribution in [0.3, 0.4) is 0 Å². The van der Waals surface area contributed by atoms with E-state index in [1.54, 1.807) is 0 Å². The molecular formula is C14H19N5. The first-order valence-corrected chi connectivity index (χ1v) is 6.86. The highest BCUT2D eigenvalue weighted by molar-refractivity contribution is 5.54. The van der Waals surface area contributed by atoms with E-state index in [2.05, 4.69) is 22.3 Å². The maximum absolute atomic E-state index is 4.75. The summed E-state index contributed by atoms with van der Waals surface area (Å²) in [5.74, 6) is 1.40. The second kappa shape index (κ2) is 5.09. The third-order valence-electron chi connectivity index (χ3n) is 3.58. The van der Waals surface area contributed by atoms with Gasteiger partial charge in [-0.15, -0.1) is 0 Å². The molecule has 5 heteroatoms. The van der Waals surface area contributed by atoms with Gasteiger partial charge < -0.3 is 5.32 Å². The molecule has 100 valence electrons. The lowest BCUT2D eigenvalue weighted by atomic mass is 10.1. The van der Waals surface area contributed by atoms with Gasteiger partial charge in [0, 0.05) is 30.9 Å². The van der Waals surface area contributed by atoms with Crippen molar-refractivity contribution < 1.29 is 0 Å². The monoisotopic (exact) mass is 257 g/mol. The molecular weight excluding hydrogens is 238 g/mol. The molecule has 0 unspecified atom stereocenters. The summed E-state index contributed by atoms with van der Waals surface area (Å²) in [6.07, 6.45) is 2.95. The molecule has 0 aliphatic carbocycles. The molecule has 1 aliphatic heterocycles. The van der Waals surface area contributed by atoms with E-state index in [9.17, 15) is 0 Å². The quantitative estimate of drug-likeness (QED) is 0.910. The first kappa shape index (κ1) is 12.3. The number of nitrogens with one attached hydrogen (secondary N) is 1. The van der Waals surface area contributed by atoms with Crippen LogP contribution in [-0.2, 0) is 6.54 Å². The van der Waals surface area contributed by atoms with E-state index in [-0.39, 0.29) is 0 Å². The van der Waals surface area contributed by atoms with Crippen LogP contribution < -0.4 is 5.32 Å². The van der Waals surface area contributed by atoms with Crippen molar-refractivity contribution in [2.45, 2.75) is 32.7 Å². The van der Waals surface area contributed by atoms with Crippen LogP contribution in [0.15, 0.2) is 18.3 Å². The molecule has 0 radical (unpaired) electrons. The van der Waals surface area contributed by atoms with E-state index in [1.165, 1.54) is 0 Å². The third-order valence-corrected chi connectivity index (χ3v) is 3.58. The Labute approximate surface area is 113 Å². The third kappa shape index (κ3) is 2.38.